The summed E-state index contributed by atoms with van der Waals surface area (Å²) < 4.78 is 21.1. The van der Waals surface area contributed by atoms with E-state index in [1.54, 1.807) is 0 Å². The molecule has 0 amide bonds. The summed E-state index contributed by atoms with van der Waals surface area (Å²) in [6.07, 6.45) is -1.16. The lowest BCUT2D eigenvalue weighted by Gasteiger charge is -2.30. The molecule has 1 aromatic rings. The molecule has 1 saturated heterocycles. The van der Waals surface area contributed by atoms with Gasteiger partial charge in [-0.1, -0.05) is 0 Å². The van der Waals surface area contributed by atoms with E-state index in [2.05, 4.69) is 4.98 Å². The van der Waals surface area contributed by atoms with E-state index in [-0.39, 0.29) is 5.82 Å². The lowest BCUT2D eigenvalue weighted by molar-refractivity contribution is -0.119. The van der Waals surface area contributed by atoms with E-state index >= 15 is 0 Å². The molecule has 7 nitrogen and oxygen atoms in total. The molecule has 0 bridgehead atoms. The van der Waals surface area contributed by atoms with E-state index in [0.717, 1.165) is 4.57 Å². The maximum Gasteiger partial charge on any atom is 0.349 e. The summed E-state index contributed by atoms with van der Waals surface area (Å²) in [5.74, 6) is 0.0432. The van der Waals surface area contributed by atoms with Gasteiger partial charge in [0, 0.05) is 6.20 Å². The molecule has 5 atom stereocenters. The van der Waals surface area contributed by atoms with Gasteiger partial charge in [0.15, 0.2) is 5.67 Å². The van der Waals surface area contributed by atoms with Crippen LogP contribution in [0.5, 0.6) is 0 Å². The Morgan fingerprint density at radius 2 is 2.37 bits per heavy atom. The first-order valence-corrected chi connectivity index (χ1v) is 5.85. The molecular formula is C11H14FN3O4. The van der Waals surface area contributed by atoms with Gasteiger partial charge in [0.25, 0.3) is 0 Å². The van der Waals surface area contributed by atoms with Crippen LogP contribution >= 0.6 is 0 Å². The first kappa shape index (κ1) is 12.5. The topological polar surface area (TPSA) is 111 Å². The zero-order valence-electron chi connectivity index (χ0n) is 10.2. The van der Waals surface area contributed by atoms with Gasteiger partial charge in [-0.2, -0.15) is 4.98 Å². The molecule has 2 heterocycles. The predicted octanol–water partition coefficient (Wildman–Crippen LogP) is -1.40. The highest BCUT2D eigenvalue weighted by molar-refractivity contribution is 5.32. The molecular weight excluding hydrogens is 257 g/mol. The van der Waals surface area contributed by atoms with Crippen LogP contribution in [0.3, 0.4) is 0 Å². The van der Waals surface area contributed by atoms with Crippen LogP contribution in [-0.4, -0.2) is 49.8 Å². The Hall–Kier alpha value is -1.51. The Bertz CT molecular complexity index is 594. The van der Waals surface area contributed by atoms with Crippen molar-refractivity contribution in [1.29, 1.82) is 0 Å². The van der Waals surface area contributed by atoms with Gasteiger partial charge in [0.05, 0.1) is 6.61 Å². The van der Waals surface area contributed by atoms with Crippen molar-refractivity contribution in [3.8, 4) is 0 Å². The van der Waals surface area contributed by atoms with Gasteiger partial charge in [-0.3, -0.25) is 4.57 Å². The van der Waals surface area contributed by atoms with E-state index < -0.39 is 41.8 Å². The lowest BCUT2D eigenvalue weighted by atomic mass is 9.96. The van der Waals surface area contributed by atoms with Gasteiger partial charge in [0.1, 0.15) is 29.7 Å². The van der Waals surface area contributed by atoms with Gasteiger partial charge in [-0.05, 0) is 13.0 Å². The summed E-state index contributed by atoms with van der Waals surface area (Å²) in [6, 6.07) is 0.430. The summed E-state index contributed by atoms with van der Waals surface area (Å²) in [4.78, 5) is 15.2. The second-order valence-corrected chi connectivity index (χ2v) is 5.23. The average molecular weight is 271 g/mol. The summed E-state index contributed by atoms with van der Waals surface area (Å²) in [7, 11) is 0. The highest BCUT2D eigenvalue weighted by Crippen LogP contribution is 2.63. The zero-order valence-corrected chi connectivity index (χ0v) is 10.2. The van der Waals surface area contributed by atoms with Crippen LogP contribution in [0.1, 0.15) is 13.0 Å². The van der Waals surface area contributed by atoms with Crippen LogP contribution in [0, 0.1) is 0 Å². The summed E-state index contributed by atoms with van der Waals surface area (Å²) in [5.41, 5.74) is 1.23. The zero-order chi connectivity index (χ0) is 14.0. The minimum atomic E-state index is -2.08. The van der Waals surface area contributed by atoms with Crippen LogP contribution in [-0.2, 0) is 4.74 Å². The molecule has 1 aliphatic heterocycles. The normalized spacial score (nSPS) is 44.1. The number of ether oxygens (including phenoxy) is 1. The highest BCUT2D eigenvalue weighted by Gasteiger charge is 2.82. The Morgan fingerprint density at radius 1 is 1.68 bits per heavy atom. The fourth-order valence-electron chi connectivity index (χ4n) is 2.74. The van der Waals surface area contributed by atoms with Crippen LogP contribution in [0.4, 0.5) is 10.2 Å². The van der Waals surface area contributed by atoms with E-state index in [1.807, 2.05) is 0 Å². The number of halogens is 1. The number of nitrogen functional groups attached to an aromatic ring is 1. The third kappa shape index (κ3) is 1.41. The second kappa shape index (κ2) is 3.53. The smallest absolute Gasteiger partial charge is 0.349 e. The molecule has 1 aromatic heterocycles. The average Bonchev–Trinajstić information content (AvgIpc) is 2.87. The van der Waals surface area contributed by atoms with E-state index in [9.17, 15) is 14.3 Å². The molecule has 0 spiro atoms. The van der Waals surface area contributed by atoms with E-state index in [0.29, 0.717) is 0 Å². The molecule has 1 unspecified atom stereocenters. The monoisotopic (exact) mass is 271 g/mol. The summed E-state index contributed by atoms with van der Waals surface area (Å²) >= 11 is 0. The van der Waals surface area contributed by atoms with Gasteiger partial charge < -0.3 is 20.7 Å². The number of fused-ring (bicyclic) bond motifs is 1. The summed E-state index contributed by atoms with van der Waals surface area (Å²) in [5, 5.41) is 19.1. The van der Waals surface area contributed by atoms with Crippen LogP contribution < -0.4 is 11.4 Å². The standard InChI is InChI=1S/C11H14FN3O4/c1-10(4-16)8(17)11(12)6(7(11)19-10)15-3-2-5(13)14-9(15)18/h2-3,6-8,16-17H,4H2,1H3,(H2,13,14,18)/t6?,7-,8+,10+,11+/m0/s1. The molecule has 2 aliphatic rings. The number of nitrogens with zero attached hydrogens (tertiary/aromatic N) is 2. The predicted molar refractivity (Wildman–Crippen MR) is 62.2 cm³/mol. The molecule has 2 fully saturated rings. The number of rotatable bonds is 2. The van der Waals surface area contributed by atoms with Crippen molar-refractivity contribution < 1.29 is 19.3 Å². The van der Waals surface area contributed by atoms with Crippen molar-refractivity contribution in [1.82, 2.24) is 9.55 Å². The van der Waals surface area contributed by atoms with Crippen molar-refractivity contribution in [3.63, 3.8) is 0 Å². The maximum atomic E-state index is 14.7. The van der Waals surface area contributed by atoms with Crippen LogP contribution in [0.2, 0.25) is 0 Å². The van der Waals surface area contributed by atoms with Crippen molar-refractivity contribution in [3.05, 3.63) is 22.7 Å². The first-order chi connectivity index (χ1) is 8.84. The van der Waals surface area contributed by atoms with Crippen molar-refractivity contribution in [2.24, 2.45) is 0 Å². The highest BCUT2D eigenvalue weighted by atomic mass is 19.1. The van der Waals surface area contributed by atoms with Crippen molar-refractivity contribution >= 4 is 5.82 Å². The third-order valence-electron chi connectivity index (χ3n) is 3.93. The largest absolute Gasteiger partial charge is 0.393 e. The number of nitrogens with two attached hydrogens (primary N) is 1. The van der Waals surface area contributed by atoms with Crippen molar-refractivity contribution in [2.45, 2.75) is 36.4 Å². The molecule has 8 heteroatoms. The Balaban J connectivity index is 1.95. The summed E-state index contributed by atoms with van der Waals surface area (Å²) in [6.45, 7) is 0.921. The number of aromatic nitrogens is 2. The van der Waals surface area contributed by atoms with Crippen LogP contribution in [0.25, 0.3) is 0 Å². The molecule has 0 aromatic carbocycles. The maximum absolute atomic E-state index is 14.7. The number of alkyl halides is 1. The van der Waals surface area contributed by atoms with Gasteiger partial charge >= 0.3 is 5.69 Å². The molecule has 1 saturated carbocycles. The minimum absolute atomic E-state index is 0.0432. The Labute approximate surface area is 107 Å². The Kier molecular flexibility index (Phi) is 2.32. The molecule has 4 N–H and O–H groups in total. The third-order valence-corrected chi connectivity index (χ3v) is 3.93. The molecule has 104 valence electrons. The fourth-order valence-corrected chi connectivity index (χ4v) is 2.74. The molecule has 0 radical (unpaired) electrons. The molecule has 3 rings (SSSR count). The van der Waals surface area contributed by atoms with E-state index in [1.165, 1.54) is 19.2 Å². The number of hydrogen-bond donors (Lipinski definition) is 3. The number of aliphatic hydroxyl groups is 2. The number of aliphatic hydroxyl groups excluding tert-OH is 2. The number of anilines is 1. The SMILES string of the molecule is C[C@]1(CO)O[C@H]2C(n3ccc(N)nc3=O)[C@]2(F)[C@@H]1O. The second-order valence-electron chi connectivity index (χ2n) is 5.23. The van der Waals surface area contributed by atoms with Crippen LogP contribution in [0.15, 0.2) is 17.1 Å². The fraction of sp³-hybridized carbons (Fsp3) is 0.636. The van der Waals surface area contributed by atoms with E-state index in [4.69, 9.17) is 15.6 Å². The molecule has 1 aliphatic carbocycles. The van der Waals surface area contributed by atoms with Gasteiger partial charge in [0.2, 0.25) is 0 Å². The first-order valence-electron chi connectivity index (χ1n) is 5.85. The van der Waals surface area contributed by atoms with Gasteiger partial charge in [-0.25, -0.2) is 9.18 Å². The van der Waals surface area contributed by atoms with Gasteiger partial charge in [-0.15, -0.1) is 0 Å². The Morgan fingerprint density at radius 3 is 2.84 bits per heavy atom. The van der Waals surface area contributed by atoms with Crippen molar-refractivity contribution in [2.75, 3.05) is 12.3 Å². The number of hydrogen-bond acceptors (Lipinski definition) is 6. The molecule has 19 heavy (non-hydrogen) atoms. The minimum Gasteiger partial charge on any atom is -0.393 e. The quantitative estimate of drug-likeness (QED) is 0.610. The lowest BCUT2D eigenvalue weighted by Crippen LogP contribution is -2.48.